The number of fused-ring (bicyclic) bond motifs is 3. The molecule has 0 bridgehead atoms. The average molecular weight is 277 g/mol. The van der Waals surface area contributed by atoms with Crippen molar-refractivity contribution in [2.75, 3.05) is 6.61 Å². The van der Waals surface area contributed by atoms with E-state index in [0.29, 0.717) is 12.3 Å². The van der Waals surface area contributed by atoms with Crippen molar-refractivity contribution in [3.05, 3.63) is 42.2 Å². The number of benzene rings is 1. The number of aromatic amines is 1. The number of carbonyl (C=O) groups excluding carboxylic acids is 1. The van der Waals surface area contributed by atoms with E-state index in [4.69, 9.17) is 4.74 Å². The molecule has 0 aliphatic heterocycles. The lowest BCUT2D eigenvalue weighted by atomic mass is 10.1. The third-order valence-corrected chi connectivity index (χ3v) is 2.88. The molecule has 2 aromatic heterocycles. The van der Waals surface area contributed by atoms with Crippen molar-refractivity contribution in [3.63, 3.8) is 0 Å². The van der Waals surface area contributed by atoms with E-state index in [2.05, 4.69) is 9.97 Å². The zero-order valence-electron chi connectivity index (χ0n) is 10.3. The maximum atomic E-state index is 11.7. The van der Waals surface area contributed by atoms with Crippen LogP contribution < -0.4 is 0 Å². The normalized spacial score (nSPS) is 10.4. The largest absolute Gasteiger partial charge is 0.461 e. The summed E-state index contributed by atoms with van der Waals surface area (Å²) in [5, 5.41) is 2.07. The Morgan fingerprint density at radius 1 is 1.26 bits per heavy atom. The van der Waals surface area contributed by atoms with Crippen LogP contribution in [0.3, 0.4) is 0 Å². The number of pyridine rings is 1. The lowest BCUT2D eigenvalue weighted by molar-refractivity contribution is 0.0520. The topological polar surface area (TPSA) is 55.0 Å². The van der Waals surface area contributed by atoms with Crippen molar-refractivity contribution >= 4 is 40.2 Å². The summed E-state index contributed by atoms with van der Waals surface area (Å²) in [5.41, 5.74) is 2.30. The number of H-pyrrole nitrogens is 1. The number of halogens is 1. The van der Waals surface area contributed by atoms with E-state index in [1.54, 1.807) is 19.2 Å². The van der Waals surface area contributed by atoms with Gasteiger partial charge in [-0.3, -0.25) is 0 Å². The number of hydrogen-bond donors (Lipinski definition) is 1. The molecule has 0 unspecified atom stereocenters. The van der Waals surface area contributed by atoms with E-state index >= 15 is 0 Å². The number of aromatic nitrogens is 2. The summed E-state index contributed by atoms with van der Waals surface area (Å²) in [6.45, 7) is 2.13. The number of nitrogens with zero attached hydrogens (tertiary/aromatic N) is 1. The van der Waals surface area contributed by atoms with Gasteiger partial charge in [0, 0.05) is 16.3 Å². The van der Waals surface area contributed by atoms with Crippen LogP contribution in [0.5, 0.6) is 0 Å². The molecular weight excluding hydrogens is 264 g/mol. The van der Waals surface area contributed by atoms with Crippen LogP contribution in [0, 0.1) is 0 Å². The lowest BCUT2D eigenvalue weighted by Gasteiger charge is -2.00. The predicted octanol–water partition coefficient (Wildman–Crippen LogP) is 3.31. The molecular formula is C14H13ClN2O2. The molecule has 0 atom stereocenters. The van der Waals surface area contributed by atoms with Crippen LogP contribution in [0.15, 0.2) is 36.5 Å². The van der Waals surface area contributed by atoms with Crippen LogP contribution in [0.1, 0.15) is 17.4 Å². The SMILES string of the molecule is CCOC(=O)c1cc2c(cn1)[nH]c1ccccc12.Cl. The highest BCUT2D eigenvalue weighted by molar-refractivity contribution is 6.08. The minimum absolute atomic E-state index is 0. The van der Waals surface area contributed by atoms with Gasteiger partial charge in [0.15, 0.2) is 0 Å². The summed E-state index contributed by atoms with van der Waals surface area (Å²) in [7, 11) is 0. The third-order valence-electron chi connectivity index (χ3n) is 2.88. The molecule has 0 fully saturated rings. The van der Waals surface area contributed by atoms with E-state index in [-0.39, 0.29) is 18.4 Å². The Morgan fingerprint density at radius 2 is 2.05 bits per heavy atom. The van der Waals surface area contributed by atoms with Crippen molar-refractivity contribution < 1.29 is 9.53 Å². The molecule has 0 spiro atoms. The highest BCUT2D eigenvalue weighted by atomic mass is 35.5. The van der Waals surface area contributed by atoms with Gasteiger partial charge >= 0.3 is 5.97 Å². The summed E-state index contributed by atoms with van der Waals surface area (Å²) in [6.07, 6.45) is 1.67. The zero-order valence-corrected chi connectivity index (χ0v) is 11.2. The first kappa shape index (κ1) is 13.4. The minimum Gasteiger partial charge on any atom is -0.461 e. The number of hydrogen-bond acceptors (Lipinski definition) is 3. The molecule has 4 nitrogen and oxygen atoms in total. The van der Waals surface area contributed by atoms with Crippen LogP contribution in [0.4, 0.5) is 0 Å². The quantitative estimate of drug-likeness (QED) is 0.731. The maximum Gasteiger partial charge on any atom is 0.356 e. The highest BCUT2D eigenvalue weighted by Gasteiger charge is 2.11. The molecule has 5 heteroatoms. The highest BCUT2D eigenvalue weighted by Crippen LogP contribution is 2.25. The van der Waals surface area contributed by atoms with Gasteiger partial charge < -0.3 is 9.72 Å². The fourth-order valence-corrected chi connectivity index (χ4v) is 2.07. The van der Waals surface area contributed by atoms with Gasteiger partial charge in [-0.25, -0.2) is 9.78 Å². The molecule has 98 valence electrons. The van der Waals surface area contributed by atoms with Gasteiger partial charge in [-0.15, -0.1) is 12.4 Å². The summed E-state index contributed by atoms with van der Waals surface area (Å²) in [5.74, 6) is -0.385. The van der Waals surface area contributed by atoms with Crippen molar-refractivity contribution in [1.82, 2.24) is 9.97 Å². The second kappa shape index (κ2) is 5.28. The van der Waals surface area contributed by atoms with Crippen LogP contribution >= 0.6 is 12.4 Å². The Kier molecular flexibility index (Phi) is 3.71. The van der Waals surface area contributed by atoms with Gasteiger partial charge in [0.25, 0.3) is 0 Å². The first-order chi connectivity index (χ1) is 8.79. The Morgan fingerprint density at radius 3 is 2.84 bits per heavy atom. The molecule has 2 heterocycles. The summed E-state index contributed by atoms with van der Waals surface area (Å²) in [6, 6.07) is 9.73. The molecule has 0 radical (unpaired) electrons. The van der Waals surface area contributed by atoms with Crippen molar-refractivity contribution in [1.29, 1.82) is 0 Å². The standard InChI is InChI=1S/C14H12N2O2.ClH/c1-2-18-14(17)12-7-10-9-5-3-4-6-11(9)16-13(10)8-15-12;/h3-8,16H,2H2,1H3;1H. The molecule has 0 aliphatic rings. The Balaban J connectivity index is 0.00000133. The number of para-hydroxylation sites is 1. The molecule has 1 N–H and O–H groups in total. The first-order valence-corrected chi connectivity index (χ1v) is 5.83. The van der Waals surface area contributed by atoms with Gasteiger partial charge in [0.2, 0.25) is 0 Å². The third kappa shape index (κ3) is 2.27. The lowest BCUT2D eigenvalue weighted by Crippen LogP contribution is -2.06. The molecule has 3 aromatic rings. The second-order valence-electron chi connectivity index (χ2n) is 4.01. The zero-order chi connectivity index (χ0) is 12.5. The monoisotopic (exact) mass is 276 g/mol. The maximum absolute atomic E-state index is 11.7. The van der Waals surface area contributed by atoms with E-state index in [0.717, 1.165) is 21.8 Å². The van der Waals surface area contributed by atoms with Gasteiger partial charge in [-0.1, -0.05) is 18.2 Å². The van der Waals surface area contributed by atoms with Gasteiger partial charge in [-0.05, 0) is 19.1 Å². The molecule has 3 rings (SSSR count). The van der Waals surface area contributed by atoms with Crippen LogP contribution in [0.2, 0.25) is 0 Å². The van der Waals surface area contributed by atoms with Gasteiger partial charge in [-0.2, -0.15) is 0 Å². The first-order valence-electron chi connectivity index (χ1n) is 5.83. The molecule has 0 saturated heterocycles. The number of carbonyl (C=O) groups is 1. The molecule has 0 aliphatic carbocycles. The van der Waals surface area contributed by atoms with E-state index in [1.807, 2.05) is 24.3 Å². The smallest absolute Gasteiger partial charge is 0.356 e. The minimum atomic E-state index is -0.385. The number of nitrogens with one attached hydrogen (secondary N) is 1. The Labute approximate surface area is 116 Å². The van der Waals surface area contributed by atoms with E-state index in [1.165, 1.54) is 0 Å². The average Bonchev–Trinajstić information content (AvgIpc) is 2.76. The fourth-order valence-electron chi connectivity index (χ4n) is 2.07. The Bertz CT molecular complexity index is 736. The van der Waals surface area contributed by atoms with Crippen LogP contribution in [0.25, 0.3) is 21.8 Å². The molecule has 0 amide bonds. The number of rotatable bonds is 2. The molecule has 0 saturated carbocycles. The van der Waals surface area contributed by atoms with Crippen molar-refractivity contribution in [3.8, 4) is 0 Å². The number of ether oxygens (including phenoxy) is 1. The number of esters is 1. The molecule has 19 heavy (non-hydrogen) atoms. The van der Waals surface area contributed by atoms with Gasteiger partial charge in [0.05, 0.1) is 18.3 Å². The van der Waals surface area contributed by atoms with Crippen LogP contribution in [-0.2, 0) is 4.74 Å². The fraction of sp³-hybridized carbons (Fsp3) is 0.143. The van der Waals surface area contributed by atoms with Crippen molar-refractivity contribution in [2.24, 2.45) is 0 Å². The summed E-state index contributed by atoms with van der Waals surface area (Å²) >= 11 is 0. The predicted molar refractivity (Wildman–Crippen MR) is 76.8 cm³/mol. The summed E-state index contributed by atoms with van der Waals surface area (Å²) < 4.78 is 4.95. The van der Waals surface area contributed by atoms with E-state index < -0.39 is 0 Å². The molecule has 1 aromatic carbocycles. The van der Waals surface area contributed by atoms with Crippen LogP contribution in [-0.4, -0.2) is 22.5 Å². The summed E-state index contributed by atoms with van der Waals surface area (Å²) in [4.78, 5) is 19.0. The van der Waals surface area contributed by atoms with Gasteiger partial charge in [0.1, 0.15) is 5.69 Å². The van der Waals surface area contributed by atoms with Crippen molar-refractivity contribution in [2.45, 2.75) is 6.92 Å². The second-order valence-corrected chi connectivity index (χ2v) is 4.01. The Hall–Kier alpha value is -2.07. The van der Waals surface area contributed by atoms with E-state index in [9.17, 15) is 4.79 Å².